The van der Waals surface area contributed by atoms with E-state index in [2.05, 4.69) is 5.32 Å². The molecule has 158 valence electrons. The molecule has 30 heavy (non-hydrogen) atoms. The molecule has 0 saturated carbocycles. The molecule has 1 unspecified atom stereocenters. The first kappa shape index (κ1) is 22.1. The standard InChI is InChI=1S/C21H23N3O4S2/c22-30(27,28)18-9-6-17(7-10-18)12-13-23-21(26)19-14-29-15-24(19)20(25)11-8-16-4-2-1-3-5-16/h1-11,19H,12-15H2,(H,23,26)(H2,22,27,28). The van der Waals surface area contributed by atoms with Gasteiger partial charge in [-0.1, -0.05) is 42.5 Å². The normalized spacial score (nSPS) is 16.7. The summed E-state index contributed by atoms with van der Waals surface area (Å²) in [4.78, 5) is 26.7. The highest BCUT2D eigenvalue weighted by atomic mass is 32.2. The third-order valence-electron chi connectivity index (χ3n) is 4.65. The topological polar surface area (TPSA) is 110 Å². The fourth-order valence-electron chi connectivity index (χ4n) is 3.00. The van der Waals surface area contributed by atoms with E-state index in [1.165, 1.54) is 18.2 Å². The van der Waals surface area contributed by atoms with E-state index in [0.717, 1.165) is 11.1 Å². The van der Waals surface area contributed by atoms with Crippen molar-refractivity contribution in [3.05, 3.63) is 71.8 Å². The number of hydrogen-bond donors (Lipinski definition) is 2. The number of nitrogens with one attached hydrogen (secondary N) is 1. The smallest absolute Gasteiger partial charge is 0.247 e. The van der Waals surface area contributed by atoms with Crippen LogP contribution in [0.5, 0.6) is 0 Å². The Morgan fingerprint density at radius 3 is 2.50 bits per heavy atom. The molecule has 3 N–H and O–H groups in total. The first-order chi connectivity index (χ1) is 14.3. The van der Waals surface area contributed by atoms with Crippen molar-refractivity contribution in [2.45, 2.75) is 17.4 Å². The van der Waals surface area contributed by atoms with Gasteiger partial charge in [-0.05, 0) is 35.8 Å². The van der Waals surface area contributed by atoms with Crippen molar-refractivity contribution in [1.82, 2.24) is 10.2 Å². The Balaban J connectivity index is 1.51. The van der Waals surface area contributed by atoms with Crippen LogP contribution in [0.2, 0.25) is 0 Å². The fraction of sp³-hybridized carbons (Fsp3) is 0.238. The number of carbonyl (C=O) groups excluding carboxylic acids is 2. The molecule has 2 aromatic rings. The molecule has 2 aromatic carbocycles. The number of amides is 2. The largest absolute Gasteiger partial charge is 0.354 e. The summed E-state index contributed by atoms with van der Waals surface area (Å²) in [5.74, 6) is 0.649. The Labute approximate surface area is 180 Å². The Hall–Kier alpha value is -2.62. The molecule has 0 radical (unpaired) electrons. The van der Waals surface area contributed by atoms with E-state index < -0.39 is 16.1 Å². The van der Waals surface area contributed by atoms with E-state index in [1.54, 1.807) is 34.9 Å². The average molecular weight is 446 g/mol. The number of nitrogens with zero attached hydrogens (tertiary/aromatic N) is 1. The van der Waals surface area contributed by atoms with Gasteiger partial charge in [-0.2, -0.15) is 0 Å². The SMILES string of the molecule is NS(=O)(=O)c1ccc(CCNC(=O)C2CSCN2C(=O)C=Cc2ccccc2)cc1. The summed E-state index contributed by atoms with van der Waals surface area (Å²) >= 11 is 1.54. The predicted molar refractivity (Wildman–Crippen MR) is 118 cm³/mol. The second-order valence-corrected chi connectivity index (χ2v) is 9.36. The summed E-state index contributed by atoms with van der Waals surface area (Å²) in [7, 11) is -3.72. The lowest BCUT2D eigenvalue weighted by Crippen LogP contribution is -2.47. The zero-order chi connectivity index (χ0) is 21.6. The number of carbonyl (C=O) groups is 2. The highest BCUT2D eigenvalue weighted by molar-refractivity contribution is 7.99. The van der Waals surface area contributed by atoms with Crippen molar-refractivity contribution in [2.75, 3.05) is 18.2 Å². The zero-order valence-electron chi connectivity index (χ0n) is 16.2. The molecule has 9 heteroatoms. The third-order valence-corrected chi connectivity index (χ3v) is 6.59. The van der Waals surface area contributed by atoms with Gasteiger partial charge in [-0.25, -0.2) is 13.6 Å². The van der Waals surface area contributed by atoms with Crippen LogP contribution in [0.15, 0.2) is 65.6 Å². The van der Waals surface area contributed by atoms with E-state index in [1.807, 2.05) is 30.3 Å². The van der Waals surface area contributed by atoms with Crippen molar-refractivity contribution in [2.24, 2.45) is 5.14 Å². The molecule has 1 aliphatic heterocycles. The first-order valence-corrected chi connectivity index (χ1v) is 12.1. The maximum atomic E-state index is 12.6. The van der Waals surface area contributed by atoms with Gasteiger partial charge in [-0.15, -0.1) is 11.8 Å². The van der Waals surface area contributed by atoms with Crippen molar-refractivity contribution in [1.29, 1.82) is 0 Å². The molecule has 7 nitrogen and oxygen atoms in total. The van der Waals surface area contributed by atoms with Gasteiger partial charge in [0.25, 0.3) is 0 Å². The number of nitrogens with two attached hydrogens (primary N) is 1. The van der Waals surface area contributed by atoms with Crippen LogP contribution in [0.1, 0.15) is 11.1 Å². The first-order valence-electron chi connectivity index (χ1n) is 9.35. The van der Waals surface area contributed by atoms with E-state index in [4.69, 9.17) is 5.14 Å². The maximum absolute atomic E-state index is 12.6. The van der Waals surface area contributed by atoms with Crippen molar-refractivity contribution in [3.63, 3.8) is 0 Å². The molecule has 2 amide bonds. The molecule has 0 aliphatic carbocycles. The Bertz CT molecular complexity index is 1020. The summed E-state index contributed by atoms with van der Waals surface area (Å²) in [5.41, 5.74) is 1.80. The predicted octanol–water partition coefficient (Wildman–Crippen LogP) is 1.61. The highest BCUT2D eigenvalue weighted by Crippen LogP contribution is 2.21. The van der Waals surface area contributed by atoms with Crippen LogP contribution in [0.4, 0.5) is 0 Å². The van der Waals surface area contributed by atoms with Crippen LogP contribution in [0, 0.1) is 0 Å². The van der Waals surface area contributed by atoms with Crippen molar-refractivity contribution >= 4 is 39.7 Å². The molecule has 0 aromatic heterocycles. The van der Waals surface area contributed by atoms with Crippen LogP contribution in [0.25, 0.3) is 6.08 Å². The molecule has 1 aliphatic rings. The fourth-order valence-corrected chi connectivity index (χ4v) is 4.68. The summed E-state index contributed by atoms with van der Waals surface area (Å²) in [5, 5.41) is 7.95. The minimum atomic E-state index is -3.72. The summed E-state index contributed by atoms with van der Waals surface area (Å²) < 4.78 is 22.6. The van der Waals surface area contributed by atoms with Gasteiger partial charge in [0.2, 0.25) is 21.8 Å². The van der Waals surface area contributed by atoms with Crippen molar-refractivity contribution in [3.8, 4) is 0 Å². The number of primary sulfonamides is 1. The van der Waals surface area contributed by atoms with Gasteiger partial charge < -0.3 is 10.2 Å². The second kappa shape index (κ2) is 9.92. The summed E-state index contributed by atoms with van der Waals surface area (Å²) in [6, 6.07) is 15.2. The van der Waals surface area contributed by atoms with Crippen LogP contribution in [-0.2, 0) is 26.0 Å². The molecular formula is C21H23N3O4S2. The van der Waals surface area contributed by atoms with Crippen LogP contribution in [-0.4, -0.2) is 49.3 Å². The Kier molecular flexibility index (Phi) is 7.30. The number of rotatable bonds is 7. The molecule has 1 heterocycles. The number of hydrogen-bond acceptors (Lipinski definition) is 5. The lowest BCUT2D eigenvalue weighted by Gasteiger charge is -2.21. The molecule has 0 bridgehead atoms. The Morgan fingerprint density at radius 2 is 1.83 bits per heavy atom. The quantitative estimate of drug-likeness (QED) is 0.629. The van der Waals surface area contributed by atoms with Gasteiger partial charge in [-0.3, -0.25) is 9.59 Å². The summed E-state index contributed by atoms with van der Waals surface area (Å²) in [6.07, 6.45) is 3.78. The lowest BCUT2D eigenvalue weighted by atomic mass is 10.1. The summed E-state index contributed by atoms with van der Waals surface area (Å²) in [6.45, 7) is 0.386. The van der Waals surface area contributed by atoms with Gasteiger partial charge in [0, 0.05) is 18.4 Å². The van der Waals surface area contributed by atoms with Gasteiger partial charge in [0.1, 0.15) is 6.04 Å². The van der Waals surface area contributed by atoms with Crippen molar-refractivity contribution < 1.29 is 18.0 Å². The van der Waals surface area contributed by atoms with Gasteiger partial charge in [0.15, 0.2) is 0 Å². The molecule has 1 fully saturated rings. The molecule has 0 spiro atoms. The van der Waals surface area contributed by atoms with Crippen LogP contribution >= 0.6 is 11.8 Å². The Morgan fingerprint density at radius 1 is 1.13 bits per heavy atom. The van der Waals surface area contributed by atoms with Gasteiger partial charge in [0.05, 0.1) is 10.8 Å². The van der Waals surface area contributed by atoms with E-state index in [-0.39, 0.29) is 16.7 Å². The number of sulfonamides is 1. The number of benzene rings is 2. The zero-order valence-corrected chi connectivity index (χ0v) is 17.9. The number of thioether (sulfide) groups is 1. The minimum Gasteiger partial charge on any atom is -0.354 e. The lowest BCUT2D eigenvalue weighted by molar-refractivity contribution is -0.134. The van der Waals surface area contributed by atoms with Crippen LogP contribution in [0.3, 0.4) is 0 Å². The monoisotopic (exact) mass is 445 g/mol. The second-order valence-electron chi connectivity index (χ2n) is 6.80. The van der Waals surface area contributed by atoms with Crippen LogP contribution < -0.4 is 10.5 Å². The minimum absolute atomic E-state index is 0.0518. The maximum Gasteiger partial charge on any atom is 0.247 e. The average Bonchev–Trinajstić information content (AvgIpc) is 3.22. The van der Waals surface area contributed by atoms with E-state index in [0.29, 0.717) is 24.6 Å². The van der Waals surface area contributed by atoms with E-state index >= 15 is 0 Å². The highest BCUT2D eigenvalue weighted by Gasteiger charge is 2.33. The molecule has 1 atom stereocenters. The molecular weight excluding hydrogens is 422 g/mol. The molecule has 3 rings (SSSR count). The van der Waals surface area contributed by atoms with E-state index in [9.17, 15) is 18.0 Å². The van der Waals surface area contributed by atoms with Gasteiger partial charge >= 0.3 is 0 Å². The molecule has 1 saturated heterocycles. The third kappa shape index (κ3) is 5.94.